The number of carboxylic acid groups (broad SMARTS) is 1. The Bertz CT molecular complexity index is 660. The zero-order valence-corrected chi connectivity index (χ0v) is 12.8. The van der Waals surface area contributed by atoms with Crippen molar-refractivity contribution in [3.63, 3.8) is 0 Å². The number of nitrogens with zero attached hydrogens (tertiary/aromatic N) is 2. The summed E-state index contributed by atoms with van der Waals surface area (Å²) in [6.07, 6.45) is 1.59. The maximum atomic E-state index is 11.3. The van der Waals surface area contributed by atoms with Crippen LogP contribution >= 0.6 is 11.8 Å². The van der Waals surface area contributed by atoms with Gasteiger partial charge in [0.05, 0.1) is 0 Å². The van der Waals surface area contributed by atoms with Crippen molar-refractivity contribution in [2.75, 3.05) is 0 Å². The number of carboxylic acids is 1. The van der Waals surface area contributed by atoms with E-state index >= 15 is 0 Å². The summed E-state index contributed by atoms with van der Waals surface area (Å²) in [5.74, 6) is -0.176. The highest BCUT2D eigenvalue weighted by Gasteiger charge is 2.14. The van der Waals surface area contributed by atoms with Gasteiger partial charge in [0, 0.05) is 6.92 Å². The molecule has 5 nitrogen and oxygen atoms in total. The van der Waals surface area contributed by atoms with Gasteiger partial charge in [0.1, 0.15) is 4.91 Å². The van der Waals surface area contributed by atoms with Crippen molar-refractivity contribution in [1.29, 1.82) is 0 Å². The zero-order chi connectivity index (χ0) is 15.4. The smallest absolute Gasteiger partial charge is 0.342 e. The van der Waals surface area contributed by atoms with Crippen molar-refractivity contribution in [2.45, 2.75) is 31.9 Å². The van der Waals surface area contributed by atoms with Gasteiger partial charge >= 0.3 is 5.97 Å². The quantitative estimate of drug-likeness (QED) is 0.670. The van der Waals surface area contributed by atoms with Gasteiger partial charge in [-0.05, 0) is 34.9 Å². The molecule has 0 aliphatic rings. The highest BCUT2D eigenvalue weighted by Crippen LogP contribution is 2.27. The number of aromatic nitrogens is 2. The molecule has 0 saturated heterocycles. The van der Waals surface area contributed by atoms with E-state index < -0.39 is 5.97 Å². The number of hydrogen-bond donors (Lipinski definition) is 1. The maximum absolute atomic E-state index is 11.3. The first kappa shape index (κ1) is 15.3. The van der Waals surface area contributed by atoms with Crippen LogP contribution in [0.25, 0.3) is 6.08 Å². The topological polar surface area (TPSA) is 76.2 Å². The first-order chi connectivity index (χ1) is 9.95. The summed E-state index contributed by atoms with van der Waals surface area (Å²) in [5.41, 5.74) is 2.03. The van der Waals surface area contributed by atoms with E-state index in [-0.39, 0.29) is 10.1 Å². The van der Waals surface area contributed by atoms with E-state index in [0.29, 0.717) is 11.8 Å². The SMILES string of the molecule is Cc1nnc(S/C(=C/c2ccc(C(C)C)cc2)C(=O)O)o1. The number of thioether (sulfide) groups is 1. The monoisotopic (exact) mass is 304 g/mol. The van der Waals surface area contributed by atoms with Crippen molar-refractivity contribution in [2.24, 2.45) is 0 Å². The third-order valence-corrected chi connectivity index (χ3v) is 3.67. The Morgan fingerprint density at radius 2 is 1.95 bits per heavy atom. The van der Waals surface area contributed by atoms with Gasteiger partial charge < -0.3 is 9.52 Å². The molecule has 2 aromatic rings. The molecule has 0 spiro atoms. The Balaban J connectivity index is 2.22. The molecule has 1 heterocycles. The zero-order valence-electron chi connectivity index (χ0n) is 12.0. The number of aliphatic carboxylic acids is 1. The largest absolute Gasteiger partial charge is 0.477 e. The molecule has 0 saturated carbocycles. The second-order valence-electron chi connectivity index (χ2n) is 4.82. The molecule has 0 bridgehead atoms. The third kappa shape index (κ3) is 4.19. The fraction of sp³-hybridized carbons (Fsp3) is 0.267. The van der Waals surface area contributed by atoms with Gasteiger partial charge in [-0.15, -0.1) is 10.2 Å². The first-order valence-electron chi connectivity index (χ1n) is 6.48. The molecule has 0 aliphatic heterocycles. The van der Waals surface area contributed by atoms with Crippen molar-refractivity contribution < 1.29 is 14.3 Å². The standard InChI is InChI=1S/C15H16N2O3S/c1-9(2)12-6-4-11(5-7-12)8-13(14(18)19)21-15-17-16-10(3)20-15/h4-9H,1-3H3,(H,18,19)/b13-8+. The van der Waals surface area contributed by atoms with Crippen molar-refractivity contribution in [3.05, 3.63) is 46.2 Å². The summed E-state index contributed by atoms with van der Waals surface area (Å²) in [7, 11) is 0. The van der Waals surface area contributed by atoms with Gasteiger partial charge in [-0.25, -0.2) is 4.79 Å². The lowest BCUT2D eigenvalue weighted by atomic mass is 10.0. The molecular weight excluding hydrogens is 288 g/mol. The predicted molar refractivity (Wildman–Crippen MR) is 81.0 cm³/mol. The summed E-state index contributed by atoms with van der Waals surface area (Å²) in [6, 6.07) is 7.80. The van der Waals surface area contributed by atoms with Crippen molar-refractivity contribution in [3.8, 4) is 0 Å². The third-order valence-electron chi connectivity index (χ3n) is 2.82. The Kier molecular flexibility index (Phi) is 4.80. The summed E-state index contributed by atoms with van der Waals surface area (Å²) < 4.78 is 5.19. The van der Waals surface area contributed by atoms with Gasteiger partial charge in [0.2, 0.25) is 5.89 Å². The number of hydrogen-bond acceptors (Lipinski definition) is 5. The summed E-state index contributed by atoms with van der Waals surface area (Å²) in [6.45, 7) is 5.88. The predicted octanol–water partition coefficient (Wildman–Crippen LogP) is 3.72. The number of rotatable bonds is 5. The van der Waals surface area contributed by atoms with Crippen LogP contribution in [0.15, 0.2) is 38.8 Å². The summed E-state index contributed by atoms with van der Waals surface area (Å²) >= 11 is 0.944. The Morgan fingerprint density at radius 3 is 2.43 bits per heavy atom. The van der Waals surface area contributed by atoms with Crippen LogP contribution < -0.4 is 0 Å². The number of carbonyl (C=O) groups is 1. The van der Waals surface area contributed by atoms with Crippen LogP contribution in [-0.4, -0.2) is 21.3 Å². The van der Waals surface area contributed by atoms with Crippen LogP contribution in [0.5, 0.6) is 0 Å². The molecule has 1 aromatic heterocycles. The van der Waals surface area contributed by atoms with Gasteiger partial charge in [0.15, 0.2) is 0 Å². The molecule has 0 unspecified atom stereocenters. The van der Waals surface area contributed by atoms with Crippen LogP contribution in [-0.2, 0) is 4.79 Å². The fourth-order valence-corrected chi connectivity index (χ4v) is 2.39. The summed E-state index contributed by atoms with van der Waals surface area (Å²) in [4.78, 5) is 11.4. The molecule has 0 fully saturated rings. The molecule has 0 aliphatic carbocycles. The van der Waals surface area contributed by atoms with Crippen LogP contribution in [0.2, 0.25) is 0 Å². The van der Waals surface area contributed by atoms with E-state index in [4.69, 9.17) is 4.42 Å². The first-order valence-corrected chi connectivity index (χ1v) is 7.30. The second-order valence-corrected chi connectivity index (χ2v) is 5.82. The van der Waals surface area contributed by atoms with E-state index in [1.165, 1.54) is 5.56 Å². The Morgan fingerprint density at radius 1 is 1.29 bits per heavy atom. The molecular formula is C15H16N2O3S. The molecule has 6 heteroatoms. The molecule has 1 N–H and O–H groups in total. The van der Waals surface area contributed by atoms with Crippen LogP contribution in [0, 0.1) is 6.92 Å². The van der Waals surface area contributed by atoms with Crippen LogP contribution in [0.3, 0.4) is 0 Å². The highest BCUT2D eigenvalue weighted by molar-refractivity contribution is 8.03. The molecule has 0 atom stereocenters. The van der Waals surface area contributed by atoms with Crippen LogP contribution in [0.1, 0.15) is 36.8 Å². The van der Waals surface area contributed by atoms with Crippen LogP contribution in [0.4, 0.5) is 0 Å². The van der Waals surface area contributed by atoms with Gasteiger partial charge in [0.25, 0.3) is 5.22 Å². The molecule has 0 amide bonds. The molecule has 1 aromatic carbocycles. The Labute approximate surface area is 127 Å². The fourth-order valence-electron chi connectivity index (χ4n) is 1.68. The lowest BCUT2D eigenvalue weighted by molar-refractivity contribution is -0.131. The average Bonchev–Trinajstić information content (AvgIpc) is 2.84. The van der Waals surface area contributed by atoms with Gasteiger partial charge in [-0.1, -0.05) is 38.1 Å². The summed E-state index contributed by atoms with van der Waals surface area (Å²) in [5, 5.41) is 17.0. The normalized spacial score (nSPS) is 11.9. The van der Waals surface area contributed by atoms with E-state index in [1.807, 2.05) is 24.3 Å². The minimum absolute atomic E-state index is 0.135. The van der Waals surface area contributed by atoms with E-state index in [0.717, 1.165) is 17.3 Å². The van der Waals surface area contributed by atoms with E-state index in [9.17, 15) is 9.90 Å². The Hall–Kier alpha value is -2.08. The van der Waals surface area contributed by atoms with E-state index in [1.54, 1.807) is 13.0 Å². The average molecular weight is 304 g/mol. The second kappa shape index (κ2) is 6.58. The highest BCUT2D eigenvalue weighted by atomic mass is 32.2. The molecule has 21 heavy (non-hydrogen) atoms. The lowest BCUT2D eigenvalue weighted by Gasteiger charge is -2.05. The van der Waals surface area contributed by atoms with Gasteiger partial charge in [-0.3, -0.25) is 0 Å². The minimum atomic E-state index is -1.02. The minimum Gasteiger partial charge on any atom is -0.477 e. The van der Waals surface area contributed by atoms with E-state index in [2.05, 4.69) is 24.0 Å². The molecule has 0 radical (unpaired) electrons. The number of benzene rings is 1. The number of aryl methyl sites for hydroxylation is 1. The van der Waals surface area contributed by atoms with Crippen molar-refractivity contribution in [1.82, 2.24) is 10.2 Å². The molecule has 2 rings (SSSR count). The molecule has 110 valence electrons. The lowest BCUT2D eigenvalue weighted by Crippen LogP contribution is -1.97. The van der Waals surface area contributed by atoms with Gasteiger partial charge in [-0.2, -0.15) is 0 Å². The van der Waals surface area contributed by atoms with Crippen molar-refractivity contribution >= 4 is 23.8 Å². The maximum Gasteiger partial charge on any atom is 0.342 e.